The van der Waals surface area contributed by atoms with E-state index in [1.807, 2.05) is 37.3 Å². The number of para-hydroxylation sites is 1. The van der Waals surface area contributed by atoms with Gasteiger partial charge in [-0.2, -0.15) is 17.0 Å². The van der Waals surface area contributed by atoms with Gasteiger partial charge >= 0.3 is 0 Å². The maximum absolute atomic E-state index is 13.4. The van der Waals surface area contributed by atoms with E-state index in [1.54, 1.807) is 31.3 Å². The van der Waals surface area contributed by atoms with Gasteiger partial charge in [-0.1, -0.05) is 18.2 Å². The van der Waals surface area contributed by atoms with Gasteiger partial charge in [-0.25, -0.2) is 0 Å². The molecule has 0 saturated carbocycles. The van der Waals surface area contributed by atoms with E-state index in [1.165, 1.54) is 15.5 Å². The van der Waals surface area contributed by atoms with Gasteiger partial charge in [0.05, 0.1) is 23.8 Å². The Kier molecular flexibility index (Phi) is 10.3. The van der Waals surface area contributed by atoms with Crippen molar-refractivity contribution in [2.75, 3.05) is 46.4 Å². The number of fused-ring (bicyclic) bond motifs is 1. The lowest BCUT2D eigenvalue weighted by atomic mass is 9.93. The maximum atomic E-state index is 13.4. The number of carbonyl (C=O) groups excluding carboxylic acids is 2. The van der Waals surface area contributed by atoms with Crippen LogP contribution < -0.4 is 10.1 Å². The van der Waals surface area contributed by atoms with Crippen molar-refractivity contribution in [2.24, 2.45) is 10.9 Å². The summed E-state index contributed by atoms with van der Waals surface area (Å²) in [5.74, 6) is -0.156. The highest BCUT2D eigenvalue weighted by atomic mass is 32.2. The zero-order valence-electron chi connectivity index (χ0n) is 25.1. The molecule has 2 aliphatic rings. The summed E-state index contributed by atoms with van der Waals surface area (Å²) in [5.41, 5.74) is 3.30. The van der Waals surface area contributed by atoms with Crippen molar-refractivity contribution in [3.8, 4) is 5.75 Å². The zero-order valence-corrected chi connectivity index (χ0v) is 26.7. The van der Waals surface area contributed by atoms with Gasteiger partial charge in [-0.05, 0) is 61.5 Å². The van der Waals surface area contributed by atoms with E-state index in [0.29, 0.717) is 55.7 Å². The second-order valence-corrected chi connectivity index (χ2v) is 13.9. The van der Waals surface area contributed by atoms with Crippen LogP contribution >= 0.6 is 11.8 Å². The number of carbonyl (C=O) groups is 2. The van der Waals surface area contributed by atoms with Crippen LogP contribution in [0.25, 0.3) is 10.9 Å². The molecule has 234 valence electrons. The number of amides is 1. The number of rotatable bonds is 8. The summed E-state index contributed by atoms with van der Waals surface area (Å²) in [5, 5.41) is 4.45. The van der Waals surface area contributed by atoms with Gasteiger partial charge in [-0.15, -0.1) is 0 Å². The number of aliphatic imine (C=N–C) groups is 1. The number of nitrogens with zero attached hydrogens (tertiary/aromatic N) is 4. The Morgan fingerprint density at radius 1 is 1.09 bits per heavy atom. The third-order valence-corrected chi connectivity index (χ3v) is 10.7. The molecule has 3 aromatic rings. The molecule has 2 aliphatic heterocycles. The first-order valence-electron chi connectivity index (χ1n) is 14.5. The molecule has 5 rings (SSSR count). The highest BCUT2D eigenvalue weighted by molar-refractivity contribution is 8.26. The summed E-state index contributed by atoms with van der Waals surface area (Å²) in [4.78, 5) is 34.3. The first-order valence-corrected chi connectivity index (χ1v) is 16.7. The average Bonchev–Trinajstić information content (AvgIpc) is 3.03. The minimum atomic E-state index is -3.73. The second-order valence-electron chi connectivity index (χ2n) is 10.8. The molecule has 2 aromatic carbocycles. The van der Waals surface area contributed by atoms with Crippen molar-refractivity contribution in [1.82, 2.24) is 18.9 Å². The summed E-state index contributed by atoms with van der Waals surface area (Å²) < 4.78 is 41.0. The molecule has 2 unspecified atom stereocenters. The number of aryl methyl sites for hydroxylation is 1. The highest BCUT2D eigenvalue weighted by Crippen LogP contribution is 2.28. The van der Waals surface area contributed by atoms with Crippen molar-refractivity contribution >= 4 is 48.9 Å². The fourth-order valence-electron chi connectivity index (χ4n) is 5.56. The third-order valence-electron chi connectivity index (χ3n) is 7.74. The van der Waals surface area contributed by atoms with Crippen LogP contribution in [-0.4, -0.2) is 90.6 Å². The summed E-state index contributed by atoms with van der Waals surface area (Å²) >= 11 is 0.972. The maximum Gasteiger partial charge on any atom is 0.282 e. The number of ether oxygens (including phenoxy) is 2. The van der Waals surface area contributed by atoms with Crippen LogP contribution in [0, 0.1) is 12.8 Å². The first-order chi connectivity index (χ1) is 21.2. The molecule has 0 bridgehead atoms. The lowest BCUT2D eigenvalue weighted by Gasteiger charge is -2.40. The molecule has 2 atom stereocenters. The van der Waals surface area contributed by atoms with Gasteiger partial charge in [0.25, 0.3) is 16.1 Å². The molecule has 2 fully saturated rings. The molecule has 44 heavy (non-hydrogen) atoms. The Hall–Kier alpha value is -3.36. The van der Waals surface area contributed by atoms with Gasteiger partial charge in [0.2, 0.25) is 0 Å². The predicted molar refractivity (Wildman–Crippen MR) is 171 cm³/mol. The highest BCUT2D eigenvalue weighted by Gasteiger charge is 2.41. The molecule has 1 N–H and O–H groups in total. The molecule has 13 heteroatoms. The predicted octanol–water partition coefficient (Wildman–Crippen LogP) is 3.43. The molecule has 1 aromatic heterocycles. The summed E-state index contributed by atoms with van der Waals surface area (Å²) in [6.07, 6.45) is 0.373. The lowest BCUT2D eigenvalue weighted by Crippen LogP contribution is -2.57. The number of hydrogen-bond donors (Lipinski definition) is 1. The molecule has 0 aliphatic carbocycles. The van der Waals surface area contributed by atoms with Crippen molar-refractivity contribution in [2.45, 2.75) is 32.9 Å². The number of morpholine rings is 1. The summed E-state index contributed by atoms with van der Waals surface area (Å²) in [6, 6.07) is 16.4. The quantitative estimate of drug-likeness (QED) is 0.293. The largest absolute Gasteiger partial charge is 0.489 e. The van der Waals surface area contributed by atoms with Gasteiger partial charge in [0, 0.05) is 74.3 Å². The fraction of sp³-hybridized carbons (Fsp3) is 0.419. The number of benzene rings is 2. The normalized spacial score (nSPS) is 20.4. The molecule has 2 saturated heterocycles. The Morgan fingerprint density at radius 3 is 2.52 bits per heavy atom. The van der Waals surface area contributed by atoms with E-state index in [0.717, 1.165) is 33.9 Å². The van der Waals surface area contributed by atoms with Crippen LogP contribution in [0.5, 0.6) is 5.75 Å². The van der Waals surface area contributed by atoms with Crippen molar-refractivity contribution in [3.05, 3.63) is 71.4 Å². The number of thioether (sulfide) groups is 1. The van der Waals surface area contributed by atoms with E-state index in [-0.39, 0.29) is 24.1 Å². The van der Waals surface area contributed by atoms with Crippen molar-refractivity contribution < 1.29 is 27.5 Å². The number of piperidine rings is 1. The van der Waals surface area contributed by atoms with E-state index < -0.39 is 22.2 Å². The topological polar surface area (TPSA) is 130 Å². The van der Waals surface area contributed by atoms with Crippen LogP contribution in [0.3, 0.4) is 0 Å². The third kappa shape index (κ3) is 7.46. The zero-order chi connectivity index (χ0) is 31.3. The van der Waals surface area contributed by atoms with Crippen LogP contribution in [-0.2, 0) is 26.3 Å². The van der Waals surface area contributed by atoms with Crippen molar-refractivity contribution in [1.29, 1.82) is 0 Å². The Morgan fingerprint density at radius 2 is 1.82 bits per heavy atom. The van der Waals surface area contributed by atoms with Crippen molar-refractivity contribution in [3.63, 3.8) is 0 Å². The molecule has 3 heterocycles. The lowest BCUT2D eigenvalue weighted by molar-refractivity contribution is -0.109. The minimum Gasteiger partial charge on any atom is -0.489 e. The molecular formula is C31H37N5O6S2. The van der Waals surface area contributed by atoms with Crippen LogP contribution in [0.4, 0.5) is 0 Å². The van der Waals surface area contributed by atoms with E-state index in [9.17, 15) is 18.0 Å². The van der Waals surface area contributed by atoms with Crippen LogP contribution in [0.15, 0.2) is 59.6 Å². The SMILES string of the molecule is CN=C(SC(C)=O)C1CN(S(=O)(=O)N2CCOCC2)CCC1NC(=O)c1ccc(OCc2cc(C)nc3ccccc23)cc1. The number of hydrogen-bond acceptors (Lipinski definition) is 9. The second kappa shape index (κ2) is 14.2. The monoisotopic (exact) mass is 639 g/mol. The molecule has 1 amide bonds. The van der Waals surface area contributed by atoms with Gasteiger partial charge in [-0.3, -0.25) is 19.6 Å². The number of pyridine rings is 1. The van der Waals surface area contributed by atoms with Crippen LogP contribution in [0.1, 0.15) is 35.0 Å². The van der Waals surface area contributed by atoms with E-state index in [2.05, 4.69) is 15.3 Å². The van der Waals surface area contributed by atoms with E-state index in [4.69, 9.17) is 9.47 Å². The number of aromatic nitrogens is 1. The minimum absolute atomic E-state index is 0.105. The Labute approximate surface area is 262 Å². The molecule has 11 nitrogen and oxygen atoms in total. The number of nitrogens with one attached hydrogen (secondary N) is 1. The van der Waals surface area contributed by atoms with Crippen LogP contribution in [0.2, 0.25) is 0 Å². The smallest absolute Gasteiger partial charge is 0.282 e. The molecule has 0 spiro atoms. The van der Waals surface area contributed by atoms with Gasteiger partial charge < -0.3 is 14.8 Å². The Bertz CT molecular complexity index is 1640. The van der Waals surface area contributed by atoms with E-state index >= 15 is 0 Å². The fourth-order valence-corrected chi connectivity index (χ4v) is 7.96. The average molecular weight is 640 g/mol. The summed E-state index contributed by atoms with van der Waals surface area (Å²) in [6.45, 7) is 5.37. The Balaban J connectivity index is 1.27. The summed E-state index contributed by atoms with van der Waals surface area (Å²) in [7, 11) is -2.15. The molecular weight excluding hydrogens is 603 g/mol. The van der Waals surface area contributed by atoms with Gasteiger partial charge in [0.15, 0.2) is 5.12 Å². The first kappa shape index (κ1) is 32.0. The standard InChI is InChI=1S/C31H37N5O6S2/c1-21-18-24(26-6-4-5-7-28(26)33-21)20-42-25-10-8-23(9-11-25)30(38)34-29-12-13-36(19-27(29)31(32-3)43-22(2)37)44(39,40)35-14-16-41-17-15-35/h4-11,18,27,29H,12-17,19-20H2,1-3H3,(H,34,38). The van der Waals surface area contributed by atoms with Gasteiger partial charge in [0.1, 0.15) is 12.4 Å². The molecule has 0 radical (unpaired) electrons.